The van der Waals surface area contributed by atoms with Crippen molar-refractivity contribution in [3.8, 4) is 5.75 Å². The van der Waals surface area contributed by atoms with E-state index in [0.29, 0.717) is 10.7 Å². The van der Waals surface area contributed by atoms with Crippen molar-refractivity contribution >= 4 is 22.5 Å². The molecule has 2 atom stereocenters. The first kappa shape index (κ1) is 16.8. The SMILES string of the molecule is C=C[C@@H](CCCC)[C@@H](O)c1cc2cc(OC)ccc2nc1Cl. The fraction of sp³-hybridized carbons (Fsp3) is 0.389. The number of fused-ring (bicyclic) bond motifs is 1. The van der Waals surface area contributed by atoms with Gasteiger partial charge in [0.25, 0.3) is 0 Å². The zero-order chi connectivity index (χ0) is 16.1. The summed E-state index contributed by atoms with van der Waals surface area (Å²) >= 11 is 6.27. The fourth-order valence-electron chi connectivity index (χ4n) is 2.56. The molecule has 0 unspecified atom stereocenters. The van der Waals surface area contributed by atoms with Crippen molar-refractivity contribution in [2.24, 2.45) is 5.92 Å². The highest BCUT2D eigenvalue weighted by Gasteiger charge is 2.21. The lowest BCUT2D eigenvalue weighted by Gasteiger charge is -2.21. The number of aliphatic hydroxyl groups is 1. The molecule has 0 saturated heterocycles. The van der Waals surface area contributed by atoms with E-state index in [1.165, 1.54) is 0 Å². The van der Waals surface area contributed by atoms with Crippen molar-refractivity contribution in [1.82, 2.24) is 4.98 Å². The summed E-state index contributed by atoms with van der Waals surface area (Å²) < 4.78 is 5.24. The molecule has 4 heteroatoms. The average molecular weight is 320 g/mol. The average Bonchev–Trinajstić information content (AvgIpc) is 2.54. The maximum atomic E-state index is 10.6. The van der Waals surface area contributed by atoms with Crippen LogP contribution in [-0.2, 0) is 0 Å². The minimum Gasteiger partial charge on any atom is -0.497 e. The van der Waals surface area contributed by atoms with Crippen LogP contribution in [-0.4, -0.2) is 17.2 Å². The number of halogens is 1. The van der Waals surface area contributed by atoms with Gasteiger partial charge in [-0.25, -0.2) is 4.98 Å². The van der Waals surface area contributed by atoms with Gasteiger partial charge in [0.15, 0.2) is 0 Å². The molecule has 22 heavy (non-hydrogen) atoms. The molecule has 2 aromatic rings. The van der Waals surface area contributed by atoms with Crippen LogP contribution >= 0.6 is 11.6 Å². The Kier molecular flexibility index (Phi) is 5.81. The van der Waals surface area contributed by atoms with Crippen LogP contribution in [0.15, 0.2) is 36.9 Å². The Morgan fingerprint density at radius 2 is 2.18 bits per heavy atom. The molecule has 1 N–H and O–H groups in total. The predicted octanol–water partition coefficient (Wildman–Crippen LogP) is 4.92. The first-order chi connectivity index (χ1) is 10.6. The van der Waals surface area contributed by atoms with Crippen LogP contribution in [0.2, 0.25) is 5.15 Å². The van der Waals surface area contributed by atoms with Crippen molar-refractivity contribution in [3.05, 3.63) is 47.6 Å². The van der Waals surface area contributed by atoms with Gasteiger partial charge in [-0.2, -0.15) is 0 Å². The highest BCUT2D eigenvalue weighted by molar-refractivity contribution is 6.30. The summed E-state index contributed by atoms with van der Waals surface area (Å²) in [5, 5.41) is 11.9. The van der Waals surface area contributed by atoms with Gasteiger partial charge in [-0.1, -0.05) is 37.4 Å². The van der Waals surface area contributed by atoms with Crippen LogP contribution in [0.5, 0.6) is 5.75 Å². The van der Waals surface area contributed by atoms with Gasteiger partial charge in [-0.15, -0.1) is 6.58 Å². The number of methoxy groups -OCH3 is 1. The minimum absolute atomic E-state index is 0.0256. The van der Waals surface area contributed by atoms with Gasteiger partial charge in [0, 0.05) is 16.9 Å². The van der Waals surface area contributed by atoms with Crippen LogP contribution in [0, 0.1) is 5.92 Å². The zero-order valence-electron chi connectivity index (χ0n) is 13.1. The van der Waals surface area contributed by atoms with E-state index in [9.17, 15) is 5.11 Å². The number of hydrogen-bond acceptors (Lipinski definition) is 3. The van der Waals surface area contributed by atoms with Crippen molar-refractivity contribution in [3.63, 3.8) is 0 Å². The van der Waals surface area contributed by atoms with Crippen LogP contribution in [0.1, 0.15) is 37.9 Å². The van der Waals surface area contributed by atoms with E-state index in [0.717, 1.165) is 35.9 Å². The molecular weight excluding hydrogens is 298 g/mol. The van der Waals surface area contributed by atoms with Gasteiger partial charge >= 0.3 is 0 Å². The lowest BCUT2D eigenvalue weighted by atomic mass is 9.91. The van der Waals surface area contributed by atoms with Crippen LogP contribution < -0.4 is 4.74 Å². The number of benzene rings is 1. The number of nitrogens with zero attached hydrogens (tertiary/aromatic N) is 1. The Hall–Kier alpha value is -1.58. The second-order valence-corrected chi connectivity index (χ2v) is 5.77. The molecule has 3 nitrogen and oxygen atoms in total. The molecule has 1 aromatic heterocycles. The zero-order valence-corrected chi connectivity index (χ0v) is 13.8. The van der Waals surface area contributed by atoms with Crippen molar-refractivity contribution in [1.29, 1.82) is 0 Å². The van der Waals surface area contributed by atoms with E-state index < -0.39 is 6.10 Å². The van der Waals surface area contributed by atoms with Crippen molar-refractivity contribution in [2.75, 3.05) is 7.11 Å². The van der Waals surface area contributed by atoms with E-state index in [-0.39, 0.29) is 5.92 Å². The monoisotopic (exact) mass is 319 g/mol. The van der Waals surface area contributed by atoms with Gasteiger partial charge in [0.2, 0.25) is 0 Å². The summed E-state index contributed by atoms with van der Waals surface area (Å²) in [6.45, 7) is 5.96. The number of ether oxygens (including phenoxy) is 1. The molecule has 1 aromatic carbocycles. The predicted molar refractivity (Wildman–Crippen MR) is 91.5 cm³/mol. The molecule has 0 bridgehead atoms. The van der Waals surface area contributed by atoms with Gasteiger partial charge in [0.1, 0.15) is 10.9 Å². The third-order valence-electron chi connectivity index (χ3n) is 3.92. The van der Waals surface area contributed by atoms with Gasteiger partial charge in [0.05, 0.1) is 18.7 Å². The van der Waals surface area contributed by atoms with Gasteiger partial charge in [-0.3, -0.25) is 0 Å². The smallest absolute Gasteiger partial charge is 0.135 e. The maximum absolute atomic E-state index is 10.6. The summed E-state index contributed by atoms with van der Waals surface area (Å²) in [4.78, 5) is 4.38. The lowest BCUT2D eigenvalue weighted by Crippen LogP contribution is -2.11. The van der Waals surface area contributed by atoms with Gasteiger partial charge in [-0.05, 0) is 30.7 Å². The highest BCUT2D eigenvalue weighted by atomic mass is 35.5. The van der Waals surface area contributed by atoms with E-state index in [2.05, 4.69) is 18.5 Å². The first-order valence-electron chi connectivity index (χ1n) is 7.55. The number of pyridine rings is 1. The van der Waals surface area contributed by atoms with Crippen LogP contribution in [0.4, 0.5) is 0 Å². The summed E-state index contributed by atoms with van der Waals surface area (Å²) in [7, 11) is 1.62. The normalized spacial score (nSPS) is 13.8. The largest absolute Gasteiger partial charge is 0.497 e. The first-order valence-corrected chi connectivity index (χ1v) is 7.93. The number of aliphatic hydroxyl groups excluding tert-OH is 1. The summed E-state index contributed by atoms with van der Waals surface area (Å²) in [6.07, 6.45) is 4.11. The molecule has 0 saturated carbocycles. The number of unbranched alkanes of at least 4 members (excludes halogenated alkanes) is 1. The fourth-order valence-corrected chi connectivity index (χ4v) is 2.81. The van der Waals surface area contributed by atoms with E-state index in [1.54, 1.807) is 13.2 Å². The molecule has 2 rings (SSSR count). The van der Waals surface area contributed by atoms with Crippen molar-refractivity contribution in [2.45, 2.75) is 32.3 Å². The lowest BCUT2D eigenvalue weighted by molar-refractivity contribution is 0.125. The van der Waals surface area contributed by atoms with Crippen molar-refractivity contribution < 1.29 is 9.84 Å². The molecule has 0 aliphatic rings. The quantitative estimate of drug-likeness (QED) is 0.581. The molecule has 0 aliphatic heterocycles. The third-order valence-corrected chi connectivity index (χ3v) is 4.22. The summed E-state index contributed by atoms with van der Waals surface area (Å²) in [6, 6.07) is 7.48. The molecule has 0 aliphatic carbocycles. The molecular formula is C18H22ClNO2. The molecule has 0 spiro atoms. The third kappa shape index (κ3) is 3.60. The Morgan fingerprint density at radius 1 is 1.41 bits per heavy atom. The molecule has 118 valence electrons. The van der Waals surface area contributed by atoms with Crippen LogP contribution in [0.3, 0.4) is 0 Å². The number of hydrogen-bond donors (Lipinski definition) is 1. The second kappa shape index (κ2) is 7.61. The Bertz CT molecular complexity index is 657. The van der Waals surface area contributed by atoms with E-state index >= 15 is 0 Å². The Labute approximate surface area is 136 Å². The standard InChI is InChI=1S/C18H22ClNO2/c1-4-6-7-12(5-2)17(21)15-11-13-10-14(22-3)8-9-16(13)20-18(15)19/h5,8-12,17,21H,2,4,6-7H2,1,3H3/t12-,17+/m0/s1. The summed E-state index contributed by atoms with van der Waals surface area (Å²) in [5.41, 5.74) is 1.42. The van der Waals surface area contributed by atoms with E-state index in [4.69, 9.17) is 16.3 Å². The van der Waals surface area contributed by atoms with Crippen LogP contribution in [0.25, 0.3) is 10.9 Å². The molecule has 0 amide bonds. The number of rotatable bonds is 7. The number of aromatic nitrogens is 1. The maximum Gasteiger partial charge on any atom is 0.135 e. The molecule has 1 heterocycles. The highest BCUT2D eigenvalue weighted by Crippen LogP contribution is 2.33. The molecule has 0 fully saturated rings. The second-order valence-electron chi connectivity index (χ2n) is 5.41. The van der Waals surface area contributed by atoms with E-state index in [1.807, 2.05) is 24.3 Å². The van der Waals surface area contributed by atoms with Gasteiger partial charge < -0.3 is 9.84 Å². The Balaban J connectivity index is 2.40. The molecule has 0 radical (unpaired) electrons. The topological polar surface area (TPSA) is 42.4 Å². The summed E-state index contributed by atoms with van der Waals surface area (Å²) in [5.74, 6) is 0.727. The minimum atomic E-state index is -0.695. The Morgan fingerprint density at radius 3 is 2.82 bits per heavy atom.